The molecule has 0 bridgehead atoms. The molecule has 1 saturated heterocycles. The molecule has 0 saturated carbocycles. The van der Waals surface area contributed by atoms with Crippen LogP contribution in [0.15, 0.2) is 23.0 Å². The molecule has 1 aliphatic rings. The zero-order valence-corrected chi connectivity index (χ0v) is 12.8. The highest BCUT2D eigenvalue weighted by Gasteiger charge is 2.24. The second-order valence-corrected chi connectivity index (χ2v) is 5.89. The molecular formula is C15H19ClN4O. The minimum Gasteiger partial charge on any atom is -0.314 e. The lowest BCUT2D eigenvalue weighted by molar-refractivity contribution is 0.134. The Morgan fingerprint density at radius 2 is 2.24 bits per heavy atom. The second-order valence-electron chi connectivity index (χ2n) is 5.46. The molecular weight excluding hydrogens is 288 g/mol. The van der Waals surface area contributed by atoms with Crippen LogP contribution in [0.2, 0.25) is 5.02 Å². The molecule has 3 rings (SSSR count). The standard InChI is InChI=1S/C15H19ClN4O/c1-2-5-20(11-7-17-8-11)9-14-18-13-4-3-10(16)6-12(13)15(21)19-14/h3-4,6,11,17H,2,5,7-9H2,1H3,(H,18,19,21). The molecule has 0 atom stereocenters. The Morgan fingerprint density at radius 1 is 1.43 bits per heavy atom. The van der Waals surface area contributed by atoms with Gasteiger partial charge in [-0.3, -0.25) is 9.69 Å². The fourth-order valence-electron chi connectivity index (χ4n) is 2.64. The molecule has 2 aromatic rings. The van der Waals surface area contributed by atoms with Crippen LogP contribution in [-0.2, 0) is 6.54 Å². The Balaban J connectivity index is 1.89. The van der Waals surface area contributed by atoms with E-state index in [0.29, 0.717) is 28.5 Å². The first-order valence-corrected chi connectivity index (χ1v) is 7.68. The smallest absolute Gasteiger partial charge is 0.258 e. The van der Waals surface area contributed by atoms with Gasteiger partial charge in [-0.25, -0.2) is 4.98 Å². The molecule has 1 aliphatic heterocycles. The van der Waals surface area contributed by atoms with Crippen molar-refractivity contribution < 1.29 is 0 Å². The fraction of sp³-hybridized carbons (Fsp3) is 0.467. The van der Waals surface area contributed by atoms with Crippen molar-refractivity contribution in [2.75, 3.05) is 19.6 Å². The van der Waals surface area contributed by atoms with Crippen LogP contribution in [0, 0.1) is 0 Å². The molecule has 0 spiro atoms. The van der Waals surface area contributed by atoms with E-state index in [1.165, 1.54) is 0 Å². The molecule has 2 N–H and O–H groups in total. The van der Waals surface area contributed by atoms with Crippen molar-refractivity contribution in [1.82, 2.24) is 20.2 Å². The summed E-state index contributed by atoms with van der Waals surface area (Å²) in [5.41, 5.74) is 0.571. The van der Waals surface area contributed by atoms with Crippen molar-refractivity contribution >= 4 is 22.5 Å². The van der Waals surface area contributed by atoms with Gasteiger partial charge in [0.1, 0.15) is 5.82 Å². The third kappa shape index (κ3) is 3.10. The fourth-order valence-corrected chi connectivity index (χ4v) is 2.81. The van der Waals surface area contributed by atoms with Gasteiger partial charge in [-0.2, -0.15) is 0 Å². The predicted molar refractivity (Wildman–Crippen MR) is 84.7 cm³/mol. The van der Waals surface area contributed by atoms with Gasteiger partial charge in [0.05, 0.1) is 17.4 Å². The van der Waals surface area contributed by atoms with Crippen LogP contribution in [0.1, 0.15) is 19.2 Å². The summed E-state index contributed by atoms with van der Waals surface area (Å²) in [5.74, 6) is 0.718. The zero-order valence-electron chi connectivity index (χ0n) is 12.0. The van der Waals surface area contributed by atoms with E-state index in [1.54, 1.807) is 18.2 Å². The Kier molecular flexibility index (Phi) is 4.24. The van der Waals surface area contributed by atoms with Gasteiger partial charge in [-0.1, -0.05) is 18.5 Å². The maximum Gasteiger partial charge on any atom is 0.258 e. The van der Waals surface area contributed by atoms with Gasteiger partial charge < -0.3 is 10.3 Å². The molecule has 21 heavy (non-hydrogen) atoms. The molecule has 0 unspecified atom stereocenters. The summed E-state index contributed by atoms with van der Waals surface area (Å²) in [4.78, 5) is 22.0. The Labute approximate surface area is 128 Å². The molecule has 5 nitrogen and oxygen atoms in total. The van der Waals surface area contributed by atoms with Gasteiger partial charge in [-0.15, -0.1) is 0 Å². The molecule has 2 heterocycles. The zero-order chi connectivity index (χ0) is 14.8. The molecule has 6 heteroatoms. The van der Waals surface area contributed by atoms with E-state index in [4.69, 9.17) is 11.6 Å². The summed E-state index contributed by atoms with van der Waals surface area (Å²) < 4.78 is 0. The van der Waals surface area contributed by atoms with Crippen molar-refractivity contribution in [3.8, 4) is 0 Å². The van der Waals surface area contributed by atoms with Crippen molar-refractivity contribution in [3.63, 3.8) is 0 Å². The van der Waals surface area contributed by atoms with Crippen molar-refractivity contribution in [1.29, 1.82) is 0 Å². The van der Waals surface area contributed by atoms with Crippen LogP contribution in [0.5, 0.6) is 0 Å². The number of rotatable bonds is 5. The first-order chi connectivity index (χ1) is 10.2. The highest BCUT2D eigenvalue weighted by Crippen LogP contribution is 2.15. The molecule has 0 amide bonds. The molecule has 1 aromatic carbocycles. The highest BCUT2D eigenvalue weighted by atomic mass is 35.5. The quantitative estimate of drug-likeness (QED) is 0.884. The number of aromatic nitrogens is 2. The largest absolute Gasteiger partial charge is 0.314 e. The third-order valence-corrected chi connectivity index (χ3v) is 4.09. The summed E-state index contributed by atoms with van der Waals surface area (Å²) in [5, 5.41) is 4.38. The van der Waals surface area contributed by atoms with Gasteiger partial charge in [0.25, 0.3) is 5.56 Å². The lowest BCUT2D eigenvalue weighted by Gasteiger charge is -2.37. The molecule has 0 radical (unpaired) electrons. The van der Waals surface area contributed by atoms with E-state index in [2.05, 4.69) is 27.1 Å². The van der Waals surface area contributed by atoms with E-state index in [1.807, 2.05) is 0 Å². The minimum absolute atomic E-state index is 0.124. The number of hydrogen-bond acceptors (Lipinski definition) is 4. The van der Waals surface area contributed by atoms with Gasteiger partial charge in [0.2, 0.25) is 0 Å². The van der Waals surface area contributed by atoms with E-state index in [0.717, 1.165) is 31.9 Å². The number of aromatic amines is 1. The van der Waals surface area contributed by atoms with E-state index >= 15 is 0 Å². The second kappa shape index (κ2) is 6.13. The third-order valence-electron chi connectivity index (χ3n) is 3.86. The molecule has 1 aromatic heterocycles. The Hall–Kier alpha value is -1.43. The van der Waals surface area contributed by atoms with Crippen LogP contribution < -0.4 is 10.9 Å². The lowest BCUT2D eigenvalue weighted by Crippen LogP contribution is -2.57. The normalized spacial score (nSPS) is 15.6. The van der Waals surface area contributed by atoms with E-state index in [9.17, 15) is 4.79 Å². The van der Waals surface area contributed by atoms with Crippen molar-refractivity contribution in [2.45, 2.75) is 25.9 Å². The maximum atomic E-state index is 12.2. The molecule has 0 aliphatic carbocycles. The summed E-state index contributed by atoms with van der Waals surface area (Å²) in [6, 6.07) is 5.76. The maximum absolute atomic E-state index is 12.2. The Bertz CT molecular complexity index is 696. The summed E-state index contributed by atoms with van der Waals surface area (Å²) in [6.07, 6.45) is 1.09. The monoisotopic (exact) mass is 306 g/mol. The van der Waals surface area contributed by atoms with E-state index in [-0.39, 0.29) is 5.56 Å². The van der Waals surface area contributed by atoms with Crippen LogP contribution in [0.4, 0.5) is 0 Å². The summed E-state index contributed by atoms with van der Waals surface area (Å²) in [6.45, 7) is 5.86. The van der Waals surface area contributed by atoms with E-state index < -0.39 is 0 Å². The van der Waals surface area contributed by atoms with Crippen LogP contribution >= 0.6 is 11.6 Å². The first kappa shape index (κ1) is 14.5. The SMILES string of the molecule is CCCN(Cc1nc2ccc(Cl)cc2c(=O)[nH]1)C1CNC1. The molecule has 112 valence electrons. The average molecular weight is 307 g/mol. The minimum atomic E-state index is -0.124. The van der Waals surface area contributed by atoms with Crippen LogP contribution in [-0.4, -0.2) is 40.5 Å². The number of fused-ring (bicyclic) bond motifs is 1. The van der Waals surface area contributed by atoms with Gasteiger partial charge in [0, 0.05) is 24.2 Å². The first-order valence-electron chi connectivity index (χ1n) is 7.30. The number of H-pyrrole nitrogens is 1. The van der Waals surface area contributed by atoms with Crippen molar-refractivity contribution in [3.05, 3.63) is 39.4 Å². The van der Waals surface area contributed by atoms with Gasteiger partial charge in [0.15, 0.2) is 0 Å². The van der Waals surface area contributed by atoms with Gasteiger partial charge in [-0.05, 0) is 31.2 Å². The lowest BCUT2D eigenvalue weighted by atomic mass is 10.1. The summed E-state index contributed by atoms with van der Waals surface area (Å²) in [7, 11) is 0. The predicted octanol–water partition coefficient (Wildman–Crippen LogP) is 1.76. The Morgan fingerprint density at radius 3 is 2.90 bits per heavy atom. The average Bonchev–Trinajstić information content (AvgIpc) is 2.38. The van der Waals surface area contributed by atoms with Crippen LogP contribution in [0.3, 0.4) is 0 Å². The number of halogens is 1. The number of benzene rings is 1. The summed E-state index contributed by atoms with van der Waals surface area (Å²) >= 11 is 5.93. The van der Waals surface area contributed by atoms with Crippen LogP contribution in [0.25, 0.3) is 10.9 Å². The number of nitrogens with zero attached hydrogens (tertiary/aromatic N) is 2. The molecule has 1 fully saturated rings. The van der Waals surface area contributed by atoms with Gasteiger partial charge >= 0.3 is 0 Å². The topological polar surface area (TPSA) is 61.0 Å². The van der Waals surface area contributed by atoms with Crippen molar-refractivity contribution in [2.24, 2.45) is 0 Å². The number of hydrogen-bond donors (Lipinski definition) is 2. The number of nitrogens with one attached hydrogen (secondary N) is 2. The highest BCUT2D eigenvalue weighted by molar-refractivity contribution is 6.31.